The van der Waals surface area contributed by atoms with Gasteiger partial charge in [0.15, 0.2) is 0 Å². The van der Waals surface area contributed by atoms with Gasteiger partial charge in [0.1, 0.15) is 0 Å². The van der Waals surface area contributed by atoms with E-state index in [-0.39, 0.29) is 0 Å². The van der Waals surface area contributed by atoms with Crippen LogP contribution in [0, 0.1) is 5.92 Å². The van der Waals surface area contributed by atoms with Crippen LogP contribution >= 0.6 is 0 Å². The lowest BCUT2D eigenvalue weighted by atomic mass is 9.79. The van der Waals surface area contributed by atoms with E-state index >= 15 is 0 Å². The zero-order valence-corrected chi connectivity index (χ0v) is 13.2. The maximum absolute atomic E-state index is 2.36. The lowest BCUT2D eigenvalue weighted by Gasteiger charge is -2.26. The minimum absolute atomic E-state index is 0.650. The number of hydrogen-bond donors (Lipinski definition) is 0. The van der Waals surface area contributed by atoms with E-state index in [9.17, 15) is 0 Å². The Morgan fingerprint density at radius 2 is 1.42 bits per heavy atom. The molecule has 2 rings (SSSR count). The molecule has 0 spiro atoms. The van der Waals surface area contributed by atoms with Crippen LogP contribution in [0.4, 0.5) is 0 Å². The molecule has 0 heteroatoms. The summed E-state index contributed by atoms with van der Waals surface area (Å²) in [5, 5.41) is 0. The van der Waals surface area contributed by atoms with E-state index in [4.69, 9.17) is 0 Å². The summed E-state index contributed by atoms with van der Waals surface area (Å²) < 4.78 is 0. The molecule has 1 aliphatic rings. The highest BCUT2D eigenvalue weighted by molar-refractivity contribution is 5.39. The predicted octanol–water partition coefficient (Wildman–Crippen LogP) is 6.06. The summed E-state index contributed by atoms with van der Waals surface area (Å²) in [5.41, 5.74) is 4.87. The second-order valence-electron chi connectivity index (χ2n) is 6.93. The molecule has 0 heterocycles. The average molecular weight is 258 g/mol. The van der Waals surface area contributed by atoms with Crippen molar-refractivity contribution in [3.63, 3.8) is 0 Å². The number of rotatable bonds is 4. The van der Waals surface area contributed by atoms with Crippen LogP contribution in [-0.2, 0) is 6.42 Å². The van der Waals surface area contributed by atoms with Gasteiger partial charge in [0, 0.05) is 0 Å². The first-order valence-corrected chi connectivity index (χ1v) is 8.21. The fraction of sp³-hybridized carbons (Fsp3) is 0.684. The van der Waals surface area contributed by atoms with E-state index in [0.29, 0.717) is 11.8 Å². The second-order valence-corrected chi connectivity index (χ2v) is 6.93. The fourth-order valence-electron chi connectivity index (χ4n) is 3.62. The number of hydrogen-bond acceptors (Lipinski definition) is 0. The van der Waals surface area contributed by atoms with Crippen LogP contribution in [-0.4, -0.2) is 0 Å². The Labute approximate surface area is 119 Å². The summed E-state index contributed by atoms with van der Waals surface area (Å²) in [6.45, 7) is 9.35. The first kappa shape index (κ1) is 14.6. The molecule has 0 bridgehead atoms. The van der Waals surface area contributed by atoms with E-state index < -0.39 is 0 Å². The van der Waals surface area contributed by atoms with Crippen molar-refractivity contribution in [3.05, 3.63) is 34.9 Å². The van der Waals surface area contributed by atoms with Gasteiger partial charge in [0.05, 0.1) is 0 Å². The Hall–Kier alpha value is -0.780. The molecule has 1 saturated carbocycles. The molecule has 0 N–H and O–H groups in total. The average Bonchev–Trinajstić information content (AvgIpc) is 2.39. The SMILES string of the molecule is CC(C)c1cccc(C(C)C)c1CC1CCCCC1. The molecule has 0 atom stereocenters. The van der Waals surface area contributed by atoms with E-state index in [1.54, 1.807) is 16.7 Å². The van der Waals surface area contributed by atoms with Crippen LogP contribution < -0.4 is 0 Å². The fourth-order valence-corrected chi connectivity index (χ4v) is 3.62. The third kappa shape index (κ3) is 3.61. The number of benzene rings is 1. The topological polar surface area (TPSA) is 0 Å². The van der Waals surface area contributed by atoms with Crippen molar-refractivity contribution in [1.82, 2.24) is 0 Å². The van der Waals surface area contributed by atoms with Gasteiger partial charge in [0.25, 0.3) is 0 Å². The summed E-state index contributed by atoms with van der Waals surface area (Å²) >= 11 is 0. The van der Waals surface area contributed by atoms with Crippen molar-refractivity contribution < 1.29 is 0 Å². The standard InChI is InChI=1S/C19H30/c1-14(2)17-11-8-12-18(15(3)4)19(17)13-16-9-6-5-7-10-16/h8,11-12,14-16H,5-7,9-10,13H2,1-4H3. The minimum Gasteiger partial charge on any atom is -0.0617 e. The van der Waals surface area contributed by atoms with E-state index in [1.807, 2.05) is 0 Å². The van der Waals surface area contributed by atoms with Crippen molar-refractivity contribution >= 4 is 0 Å². The summed E-state index contributed by atoms with van der Waals surface area (Å²) in [4.78, 5) is 0. The molecule has 0 unspecified atom stereocenters. The van der Waals surface area contributed by atoms with Gasteiger partial charge in [-0.3, -0.25) is 0 Å². The first-order chi connectivity index (χ1) is 9.09. The van der Waals surface area contributed by atoms with Crippen molar-refractivity contribution in [2.75, 3.05) is 0 Å². The highest BCUT2D eigenvalue weighted by atomic mass is 14.2. The molecule has 0 radical (unpaired) electrons. The van der Waals surface area contributed by atoms with Crippen molar-refractivity contribution in [3.8, 4) is 0 Å². The molecule has 1 aromatic rings. The molecule has 0 aliphatic heterocycles. The Balaban J connectivity index is 2.28. The summed E-state index contributed by atoms with van der Waals surface area (Å²) in [6, 6.07) is 6.97. The maximum Gasteiger partial charge on any atom is -0.0216 e. The van der Waals surface area contributed by atoms with Crippen LogP contribution in [0.15, 0.2) is 18.2 Å². The summed E-state index contributed by atoms with van der Waals surface area (Å²) in [7, 11) is 0. The van der Waals surface area contributed by atoms with Crippen LogP contribution in [0.2, 0.25) is 0 Å². The quantitative estimate of drug-likeness (QED) is 0.616. The van der Waals surface area contributed by atoms with Gasteiger partial charge in [-0.25, -0.2) is 0 Å². The van der Waals surface area contributed by atoms with Gasteiger partial charge in [-0.2, -0.15) is 0 Å². The van der Waals surface area contributed by atoms with Gasteiger partial charge in [0.2, 0.25) is 0 Å². The first-order valence-electron chi connectivity index (χ1n) is 8.21. The van der Waals surface area contributed by atoms with Crippen LogP contribution in [0.5, 0.6) is 0 Å². The maximum atomic E-state index is 2.36. The van der Waals surface area contributed by atoms with Gasteiger partial charge in [-0.1, -0.05) is 78.0 Å². The zero-order valence-electron chi connectivity index (χ0n) is 13.2. The van der Waals surface area contributed by atoms with Gasteiger partial charge in [-0.05, 0) is 40.9 Å². The van der Waals surface area contributed by atoms with Crippen LogP contribution in [0.25, 0.3) is 0 Å². The second kappa shape index (κ2) is 6.59. The van der Waals surface area contributed by atoms with Gasteiger partial charge < -0.3 is 0 Å². The molecule has 19 heavy (non-hydrogen) atoms. The molecule has 0 aromatic heterocycles. The third-order valence-electron chi connectivity index (χ3n) is 4.71. The van der Waals surface area contributed by atoms with Crippen molar-refractivity contribution in [2.45, 2.75) is 78.1 Å². The normalized spacial score (nSPS) is 17.4. The monoisotopic (exact) mass is 258 g/mol. The predicted molar refractivity (Wildman–Crippen MR) is 84.9 cm³/mol. The molecule has 0 saturated heterocycles. The Kier molecular flexibility index (Phi) is 5.07. The molecule has 1 fully saturated rings. The zero-order chi connectivity index (χ0) is 13.8. The summed E-state index contributed by atoms with van der Waals surface area (Å²) in [6.07, 6.45) is 8.58. The Bertz CT molecular complexity index is 368. The summed E-state index contributed by atoms with van der Waals surface area (Å²) in [5.74, 6) is 2.24. The largest absolute Gasteiger partial charge is 0.0617 e. The Morgan fingerprint density at radius 3 is 1.89 bits per heavy atom. The van der Waals surface area contributed by atoms with Crippen molar-refractivity contribution in [1.29, 1.82) is 0 Å². The minimum atomic E-state index is 0.650. The molecule has 1 aromatic carbocycles. The lowest BCUT2D eigenvalue weighted by Crippen LogP contribution is -2.13. The lowest BCUT2D eigenvalue weighted by molar-refractivity contribution is 0.355. The molecule has 1 aliphatic carbocycles. The van der Waals surface area contributed by atoms with Crippen molar-refractivity contribution in [2.24, 2.45) is 5.92 Å². The highest BCUT2D eigenvalue weighted by Gasteiger charge is 2.19. The van der Waals surface area contributed by atoms with Crippen LogP contribution in [0.1, 0.15) is 88.3 Å². The Morgan fingerprint density at radius 1 is 0.895 bits per heavy atom. The van der Waals surface area contributed by atoms with Crippen LogP contribution in [0.3, 0.4) is 0 Å². The van der Waals surface area contributed by atoms with E-state index in [2.05, 4.69) is 45.9 Å². The molecule has 0 amide bonds. The highest BCUT2D eigenvalue weighted by Crippen LogP contribution is 2.33. The molecular weight excluding hydrogens is 228 g/mol. The van der Waals surface area contributed by atoms with E-state index in [0.717, 1.165) is 5.92 Å². The van der Waals surface area contributed by atoms with E-state index in [1.165, 1.54) is 38.5 Å². The molecule has 106 valence electrons. The molecular formula is C19H30. The smallest absolute Gasteiger partial charge is 0.0216 e. The molecule has 0 nitrogen and oxygen atoms in total. The third-order valence-corrected chi connectivity index (χ3v) is 4.71. The van der Waals surface area contributed by atoms with Gasteiger partial charge >= 0.3 is 0 Å². The van der Waals surface area contributed by atoms with Gasteiger partial charge in [-0.15, -0.1) is 0 Å².